The largest absolute Gasteiger partial charge is 0.357 e. The Labute approximate surface area is 166 Å². The fourth-order valence-electron chi connectivity index (χ4n) is 2.30. The standard InChI is InChI=1S/C17H27N5S.HI/c1-4-15-8-9-16(23-15)12-20-17(18-5-2)19-10-6-7-14-11-21-22(3)13-14;/h8-9,11,13H,4-7,10,12H2,1-3H3,(H2,18,19,20);1H. The van der Waals surface area contributed by atoms with Gasteiger partial charge in [0.1, 0.15) is 0 Å². The van der Waals surface area contributed by atoms with Gasteiger partial charge in [-0.05, 0) is 43.9 Å². The van der Waals surface area contributed by atoms with Crippen molar-refractivity contribution in [1.29, 1.82) is 0 Å². The molecule has 2 aromatic heterocycles. The lowest BCUT2D eigenvalue weighted by molar-refractivity contribution is 0.741. The van der Waals surface area contributed by atoms with Crippen LogP contribution in [-0.4, -0.2) is 28.8 Å². The molecule has 134 valence electrons. The van der Waals surface area contributed by atoms with E-state index in [0.717, 1.165) is 44.9 Å². The highest BCUT2D eigenvalue weighted by molar-refractivity contribution is 14.0. The maximum Gasteiger partial charge on any atom is 0.191 e. The third kappa shape index (κ3) is 7.21. The number of aryl methyl sites for hydroxylation is 3. The Kier molecular flexibility index (Phi) is 10.0. The molecule has 0 aliphatic carbocycles. The monoisotopic (exact) mass is 461 g/mol. The van der Waals surface area contributed by atoms with Gasteiger partial charge in [-0.2, -0.15) is 5.10 Å². The molecule has 0 bridgehead atoms. The average Bonchev–Trinajstić information content (AvgIpc) is 3.17. The molecule has 0 aromatic carbocycles. The fourth-order valence-corrected chi connectivity index (χ4v) is 3.18. The molecule has 2 rings (SSSR count). The normalized spacial score (nSPS) is 11.2. The lowest BCUT2D eigenvalue weighted by atomic mass is 10.2. The van der Waals surface area contributed by atoms with E-state index in [9.17, 15) is 0 Å². The van der Waals surface area contributed by atoms with Crippen LogP contribution in [0.15, 0.2) is 29.5 Å². The molecule has 24 heavy (non-hydrogen) atoms. The van der Waals surface area contributed by atoms with Crippen LogP contribution >= 0.6 is 35.3 Å². The van der Waals surface area contributed by atoms with E-state index in [1.54, 1.807) is 0 Å². The van der Waals surface area contributed by atoms with Crippen molar-refractivity contribution >= 4 is 41.3 Å². The number of nitrogens with zero attached hydrogens (tertiary/aromatic N) is 3. The van der Waals surface area contributed by atoms with Crippen molar-refractivity contribution in [3.05, 3.63) is 39.8 Å². The van der Waals surface area contributed by atoms with E-state index in [1.165, 1.54) is 15.3 Å². The van der Waals surface area contributed by atoms with Gasteiger partial charge >= 0.3 is 0 Å². The summed E-state index contributed by atoms with van der Waals surface area (Å²) in [5.74, 6) is 0.894. The van der Waals surface area contributed by atoms with Crippen LogP contribution < -0.4 is 10.6 Å². The SMILES string of the molecule is CCNC(=NCc1ccc(CC)s1)NCCCc1cnn(C)c1.I. The van der Waals surface area contributed by atoms with Crippen LogP contribution in [0.1, 0.15) is 35.6 Å². The van der Waals surface area contributed by atoms with Crippen LogP contribution in [0, 0.1) is 0 Å². The number of halogens is 1. The lowest BCUT2D eigenvalue weighted by Gasteiger charge is -2.10. The summed E-state index contributed by atoms with van der Waals surface area (Å²) in [5.41, 5.74) is 1.28. The van der Waals surface area contributed by atoms with E-state index >= 15 is 0 Å². The Bertz CT molecular complexity index is 620. The predicted molar refractivity (Wildman–Crippen MR) is 113 cm³/mol. The van der Waals surface area contributed by atoms with Gasteiger partial charge in [-0.3, -0.25) is 4.68 Å². The maximum atomic E-state index is 4.67. The Morgan fingerprint density at radius 3 is 2.67 bits per heavy atom. The van der Waals surface area contributed by atoms with Crippen molar-refractivity contribution in [1.82, 2.24) is 20.4 Å². The Hall–Kier alpha value is -1.09. The minimum Gasteiger partial charge on any atom is -0.357 e. The second-order valence-corrected chi connectivity index (χ2v) is 6.72. The summed E-state index contributed by atoms with van der Waals surface area (Å²) in [7, 11) is 1.95. The molecule has 0 spiro atoms. The summed E-state index contributed by atoms with van der Waals surface area (Å²) >= 11 is 1.85. The van der Waals surface area contributed by atoms with Crippen molar-refractivity contribution in [3.63, 3.8) is 0 Å². The first-order valence-corrected chi connectivity index (χ1v) is 9.10. The Morgan fingerprint density at radius 1 is 1.25 bits per heavy atom. The summed E-state index contributed by atoms with van der Waals surface area (Å²) < 4.78 is 1.85. The quantitative estimate of drug-likeness (QED) is 0.275. The second kappa shape index (κ2) is 11.5. The van der Waals surface area contributed by atoms with E-state index in [0.29, 0.717) is 0 Å². The summed E-state index contributed by atoms with van der Waals surface area (Å²) in [6.45, 7) is 6.80. The molecule has 0 aliphatic heterocycles. The summed E-state index contributed by atoms with van der Waals surface area (Å²) in [5, 5.41) is 10.9. The van der Waals surface area contributed by atoms with Crippen LogP contribution in [0.25, 0.3) is 0 Å². The van der Waals surface area contributed by atoms with E-state index < -0.39 is 0 Å². The van der Waals surface area contributed by atoms with Gasteiger partial charge in [0.15, 0.2) is 5.96 Å². The average molecular weight is 461 g/mol. The van der Waals surface area contributed by atoms with Gasteiger partial charge in [-0.1, -0.05) is 6.92 Å². The molecule has 0 saturated carbocycles. The van der Waals surface area contributed by atoms with Gasteiger partial charge in [-0.25, -0.2) is 4.99 Å². The smallest absolute Gasteiger partial charge is 0.191 e. The van der Waals surface area contributed by atoms with Crippen LogP contribution in [0.3, 0.4) is 0 Å². The molecule has 5 nitrogen and oxygen atoms in total. The molecule has 7 heteroatoms. The Morgan fingerprint density at radius 2 is 2.04 bits per heavy atom. The number of hydrogen-bond donors (Lipinski definition) is 2. The zero-order valence-electron chi connectivity index (χ0n) is 14.7. The number of nitrogens with one attached hydrogen (secondary N) is 2. The van der Waals surface area contributed by atoms with Crippen molar-refractivity contribution in [2.75, 3.05) is 13.1 Å². The third-order valence-electron chi connectivity index (χ3n) is 3.50. The molecule has 0 radical (unpaired) electrons. The molecule has 0 saturated heterocycles. The van der Waals surface area contributed by atoms with E-state index in [4.69, 9.17) is 0 Å². The molecular formula is C17H28IN5S. The maximum absolute atomic E-state index is 4.67. The first kappa shape index (κ1) is 21.0. The molecule has 2 N–H and O–H groups in total. The first-order valence-electron chi connectivity index (χ1n) is 8.28. The number of rotatable bonds is 8. The van der Waals surface area contributed by atoms with Gasteiger partial charge in [0.05, 0.1) is 12.7 Å². The highest BCUT2D eigenvalue weighted by Gasteiger charge is 2.01. The van der Waals surface area contributed by atoms with Gasteiger partial charge in [-0.15, -0.1) is 35.3 Å². The number of thiophene rings is 1. The van der Waals surface area contributed by atoms with Crippen LogP contribution in [0.4, 0.5) is 0 Å². The highest BCUT2D eigenvalue weighted by atomic mass is 127. The molecule has 0 atom stereocenters. The summed E-state index contributed by atoms with van der Waals surface area (Å²) in [4.78, 5) is 7.40. The van der Waals surface area contributed by atoms with Crippen molar-refractivity contribution in [2.45, 2.75) is 39.7 Å². The van der Waals surface area contributed by atoms with Gasteiger partial charge in [0.25, 0.3) is 0 Å². The molecule has 2 aromatic rings. The van der Waals surface area contributed by atoms with Crippen LogP contribution in [0.2, 0.25) is 0 Å². The number of hydrogen-bond acceptors (Lipinski definition) is 3. The van der Waals surface area contributed by atoms with Gasteiger partial charge in [0.2, 0.25) is 0 Å². The van der Waals surface area contributed by atoms with Crippen LogP contribution in [0.5, 0.6) is 0 Å². The van der Waals surface area contributed by atoms with Crippen LogP contribution in [-0.2, 0) is 26.4 Å². The molecule has 0 unspecified atom stereocenters. The molecule has 0 fully saturated rings. The molecule has 2 heterocycles. The lowest BCUT2D eigenvalue weighted by Crippen LogP contribution is -2.37. The van der Waals surface area contributed by atoms with Gasteiger partial charge in [0, 0.05) is 36.1 Å². The summed E-state index contributed by atoms with van der Waals surface area (Å²) in [6, 6.07) is 4.38. The fraction of sp³-hybridized carbons (Fsp3) is 0.529. The predicted octanol–water partition coefficient (Wildman–Crippen LogP) is 3.35. The zero-order chi connectivity index (χ0) is 16.5. The number of aliphatic imine (C=N–C) groups is 1. The second-order valence-electron chi connectivity index (χ2n) is 5.47. The highest BCUT2D eigenvalue weighted by Crippen LogP contribution is 2.17. The van der Waals surface area contributed by atoms with Crippen molar-refractivity contribution in [2.24, 2.45) is 12.0 Å². The van der Waals surface area contributed by atoms with Gasteiger partial charge < -0.3 is 10.6 Å². The molecule has 0 amide bonds. The topological polar surface area (TPSA) is 54.2 Å². The van der Waals surface area contributed by atoms with E-state index in [-0.39, 0.29) is 24.0 Å². The Balaban J connectivity index is 0.00000288. The zero-order valence-corrected chi connectivity index (χ0v) is 17.9. The van der Waals surface area contributed by atoms with Crippen molar-refractivity contribution in [3.8, 4) is 0 Å². The summed E-state index contributed by atoms with van der Waals surface area (Å²) in [6.07, 6.45) is 7.20. The van der Waals surface area contributed by atoms with E-state index in [1.807, 2.05) is 29.3 Å². The molecule has 0 aliphatic rings. The first-order chi connectivity index (χ1) is 11.2. The number of guanidine groups is 1. The molecular weight excluding hydrogens is 433 g/mol. The minimum atomic E-state index is 0. The van der Waals surface area contributed by atoms with Crippen molar-refractivity contribution < 1.29 is 0 Å². The minimum absolute atomic E-state index is 0. The number of aromatic nitrogens is 2. The van der Waals surface area contributed by atoms with E-state index in [2.05, 4.69) is 52.9 Å². The third-order valence-corrected chi connectivity index (χ3v) is 4.71.